The van der Waals surface area contributed by atoms with Crippen LogP contribution in [-0.2, 0) is 4.74 Å². The number of ether oxygens (including phenoxy) is 1. The Kier molecular flexibility index (Phi) is 3.81. The highest BCUT2D eigenvalue weighted by Crippen LogP contribution is 2.29. The first-order chi connectivity index (χ1) is 9.70. The number of anilines is 1. The van der Waals surface area contributed by atoms with Crippen LogP contribution in [0.15, 0.2) is 10.9 Å². The molecular weight excluding hydrogens is 346 g/mol. The Balaban J connectivity index is 2.54. The van der Waals surface area contributed by atoms with E-state index in [2.05, 4.69) is 36.1 Å². The Bertz CT molecular complexity index is 708. The molecule has 0 saturated carbocycles. The van der Waals surface area contributed by atoms with Crippen LogP contribution >= 0.6 is 15.9 Å². The molecule has 0 aliphatic heterocycles. The van der Waals surface area contributed by atoms with Crippen molar-refractivity contribution in [1.82, 2.24) is 20.2 Å². The lowest BCUT2D eigenvalue weighted by Crippen LogP contribution is -2.40. The fourth-order valence-corrected chi connectivity index (χ4v) is 1.99. The molecule has 112 valence electrons. The quantitative estimate of drug-likeness (QED) is 0.803. The summed E-state index contributed by atoms with van der Waals surface area (Å²) in [4.78, 5) is 31.7. The van der Waals surface area contributed by atoms with Gasteiger partial charge >= 0.3 is 12.2 Å². The van der Waals surface area contributed by atoms with E-state index in [1.54, 1.807) is 20.8 Å². The molecule has 2 rings (SSSR count). The molecule has 2 amide bonds. The number of H-pyrrole nitrogens is 1. The predicted molar refractivity (Wildman–Crippen MR) is 76.1 cm³/mol. The number of nitrogens with one attached hydrogen (secondary N) is 1. The number of rotatable bonds is 1. The first-order valence-electron chi connectivity index (χ1n) is 5.81. The standard InChI is InChI=1S/C11H12BrN5O4/c1-11(2,3)21-10(20)17(9(18)19)8-5-6(12)15-16-7(5)13-4-14-8/h4H,1-3H3,(H,18,19)(H,13,14,15,16). The molecule has 9 nitrogen and oxygen atoms in total. The van der Waals surface area contributed by atoms with Crippen LogP contribution in [0, 0.1) is 0 Å². The van der Waals surface area contributed by atoms with Crippen LogP contribution in [0.5, 0.6) is 0 Å². The molecule has 0 unspecified atom stereocenters. The number of nitrogens with zero attached hydrogens (tertiary/aromatic N) is 4. The fraction of sp³-hybridized carbons (Fsp3) is 0.364. The first kappa shape index (κ1) is 15.2. The third-order valence-corrected chi connectivity index (χ3v) is 2.85. The van der Waals surface area contributed by atoms with Gasteiger partial charge < -0.3 is 9.84 Å². The number of aromatic amines is 1. The van der Waals surface area contributed by atoms with Crippen LogP contribution in [0.3, 0.4) is 0 Å². The van der Waals surface area contributed by atoms with E-state index in [1.165, 1.54) is 0 Å². The Morgan fingerprint density at radius 1 is 1.38 bits per heavy atom. The molecular formula is C11H12BrN5O4. The van der Waals surface area contributed by atoms with E-state index in [0.29, 0.717) is 15.2 Å². The van der Waals surface area contributed by atoms with Crippen LogP contribution in [0.1, 0.15) is 20.8 Å². The van der Waals surface area contributed by atoms with Gasteiger partial charge in [0, 0.05) is 0 Å². The minimum Gasteiger partial charge on any atom is -0.464 e. The summed E-state index contributed by atoms with van der Waals surface area (Å²) in [6, 6.07) is 0. The van der Waals surface area contributed by atoms with E-state index in [9.17, 15) is 14.7 Å². The Labute approximate surface area is 127 Å². The second kappa shape index (κ2) is 5.28. The van der Waals surface area contributed by atoms with Gasteiger partial charge in [-0.25, -0.2) is 19.6 Å². The molecule has 10 heteroatoms. The van der Waals surface area contributed by atoms with Crippen LogP contribution in [0.2, 0.25) is 0 Å². The zero-order valence-corrected chi connectivity index (χ0v) is 13.0. The van der Waals surface area contributed by atoms with Gasteiger partial charge in [-0.3, -0.25) is 5.10 Å². The van der Waals surface area contributed by atoms with Crippen molar-refractivity contribution >= 4 is 45.0 Å². The van der Waals surface area contributed by atoms with Gasteiger partial charge in [-0.15, -0.1) is 0 Å². The lowest BCUT2D eigenvalue weighted by atomic mass is 10.2. The van der Waals surface area contributed by atoms with E-state index in [4.69, 9.17) is 4.74 Å². The van der Waals surface area contributed by atoms with Gasteiger partial charge in [0.05, 0.1) is 5.39 Å². The predicted octanol–water partition coefficient (Wildman–Crippen LogP) is 2.53. The SMILES string of the molecule is CC(C)(C)OC(=O)N(C(=O)O)c1ncnc2[nH]nc(Br)c12. The van der Waals surface area contributed by atoms with Crippen molar-refractivity contribution in [2.24, 2.45) is 0 Å². The number of carboxylic acid groups (broad SMARTS) is 1. The average molecular weight is 358 g/mol. The number of carbonyl (C=O) groups excluding carboxylic acids is 1. The minimum absolute atomic E-state index is 0.137. The molecule has 2 aromatic heterocycles. The van der Waals surface area contributed by atoms with Gasteiger partial charge in [0.1, 0.15) is 16.5 Å². The monoisotopic (exact) mass is 357 g/mol. The highest BCUT2D eigenvalue weighted by molar-refractivity contribution is 9.10. The third kappa shape index (κ3) is 3.10. The molecule has 21 heavy (non-hydrogen) atoms. The Morgan fingerprint density at radius 3 is 2.62 bits per heavy atom. The highest BCUT2D eigenvalue weighted by atomic mass is 79.9. The fourth-order valence-electron chi connectivity index (χ4n) is 1.54. The number of imide groups is 1. The van der Waals surface area contributed by atoms with Crippen molar-refractivity contribution in [2.75, 3.05) is 4.90 Å². The zero-order chi connectivity index (χ0) is 15.8. The Morgan fingerprint density at radius 2 is 2.05 bits per heavy atom. The van der Waals surface area contributed by atoms with Crippen LogP contribution in [0.25, 0.3) is 11.0 Å². The molecule has 2 aromatic rings. The lowest BCUT2D eigenvalue weighted by Gasteiger charge is -2.23. The summed E-state index contributed by atoms with van der Waals surface area (Å²) in [6.07, 6.45) is -1.44. The largest absolute Gasteiger partial charge is 0.464 e. The maximum atomic E-state index is 12.1. The molecule has 2 N–H and O–H groups in total. The van der Waals surface area contributed by atoms with Crippen molar-refractivity contribution in [3.05, 3.63) is 10.9 Å². The summed E-state index contributed by atoms with van der Waals surface area (Å²) in [5.41, 5.74) is -0.549. The molecule has 0 aliphatic rings. The van der Waals surface area contributed by atoms with E-state index in [0.717, 1.165) is 6.33 Å². The van der Waals surface area contributed by atoms with Crippen LogP contribution in [-0.4, -0.2) is 43.1 Å². The molecule has 0 aromatic carbocycles. The average Bonchev–Trinajstić information content (AvgIpc) is 2.69. The van der Waals surface area contributed by atoms with E-state index < -0.39 is 17.8 Å². The van der Waals surface area contributed by atoms with Gasteiger partial charge in [0.25, 0.3) is 0 Å². The van der Waals surface area contributed by atoms with Crippen molar-refractivity contribution in [2.45, 2.75) is 26.4 Å². The van der Waals surface area contributed by atoms with Gasteiger partial charge in [-0.1, -0.05) is 0 Å². The summed E-state index contributed by atoms with van der Waals surface area (Å²) < 4.78 is 5.38. The van der Waals surface area contributed by atoms with Crippen LogP contribution < -0.4 is 4.90 Å². The molecule has 2 heterocycles. The topological polar surface area (TPSA) is 121 Å². The lowest BCUT2D eigenvalue weighted by molar-refractivity contribution is 0.0581. The van der Waals surface area contributed by atoms with Gasteiger partial charge in [0.15, 0.2) is 11.5 Å². The number of halogens is 1. The maximum absolute atomic E-state index is 12.1. The summed E-state index contributed by atoms with van der Waals surface area (Å²) >= 11 is 3.15. The van der Waals surface area contributed by atoms with E-state index in [1.807, 2.05) is 0 Å². The molecule has 0 bridgehead atoms. The van der Waals surface area contributed by atoms with E-state index in [-0.39, 0.29) is 11.2 Å². The number of aromatic nitrogens is 4. The number of carbonyl (C=O) groups is 2. The van der Waals surface area contributed by atoms with Gasteiger partial charge in [-0.05, 0) is 36.7 Å². The first-order valence-corrected chi connectivity index (χ1v) is 6.60. The summed E-state index contributed by atoms with van der Waals surface area (Å²) in [6.45, 7) is 4.90. The normalized spacial score (nSPS) is 11.4. The van der Waals surface area contributed by atoms with Crippen molar-refractivity contribution < 1.29 is 19.4 Å². The molecule has 0 spiro atoms. The number of hydrogen-bond donors (Lipinski definition) is 2. The third-order valence-electron chi connectivity index (χ3n) is 2.27. The summed E-state index contributed by atoms with van der Waals surface area (Å²) in [7, 11) is 0. The molecule has 0 aliphatic carbocycles. The van der Waals surface area contributed by atoms with Gasteiger partial charge in [-0.2, -0.15) is 10.00 Å². The highest BCUT2D eigenvalue weighted by Gasteiger charge is 2.32. The number of amides is 2. The number of hydrogen-bond acceptors (Lipinski definition) is 6. The minimum atomic E-state index is -1.52. The second-order valence-corrected chi connectivity index (χ2v) is 5.78. The zero-order valence-electron chi connectivity index (χ0n) is 11.4. The molecule has 0 fully saturated rings. The molecule has 0 atom stereocenters. The number of fused-ring (bicyclic) bond motifs is 1. The van der Waals surface area contributed by atoms with Crippen LogP contribution in [0.4, 0.5) is 15.4 Å². The maximum Gasteiger partial charge on any atom is 0.425 e. The molecule has 0 radical (unpaired) electrons. The van der Waals surface area contributed by atoms with E-state index >= 15 is 0 Å². The Hall–Kier alpha value is -2.23. The van der Waals surface area contributed by atoms with Crippen molar-refractivity contribution in [1.29, 1.82) is 0 Å². The smallest absolute Gasteiger partial charge is 0.425 e. The molecule has 0 saturated heterocycles. The summed E-state index contributed by atoms with van der Waals surface area (Å²) in [5.74, 6) is -0.137. The summed E-state index contributed by atoms with van der Waals surface area (Å²) in [5, 5.41) is 16.0. The van der Waals surface area contributed by atoms with Crippen molar-refractivity contribution in [3.63, 3.8) is 0 Å². The van der Waals surface area contributed by atoms with Gasteiger partial charge in [0.2, 0.25) is 0 Å². The second-order valence-electron chi connectivity index (χ2n) is 5.03. The van der Waals surface area contributed by atoms with Crippen molar-refractivity contribution in [3.8, 4) is 0 Å².